The first-order valence-electron chi connectivity index (χ1n) is 5.22. The van der Waals surface area contributed by atoms with Crippen LogP contribution in [0.15, 0.2) is 27.8 Å². The average molecular weight is 258 g/mol. The third kappa shape index (κ3) is 1.75. The van der Waals surface area contributed by atoms with Gasteiger partial charge in [-0.05, 0) is 18.2 Å². The number of benzene rings is 1. The molecule has 0 amide bonds. The van der Waals surface area contributed by atoms with Gasteiger partial charge in [0, 0.05) is 0 Å². The highest BCUT2D eigenvalue weighted by Gasteiger charge is 2.09. The number of hydrogen-bond acceptors (Lipinski definition) is 5. The molecule has 0 aliphatic rings. The van der Waals surface area contributed by atoms with Gasteiger partial charge in [-0.1, -0.05) is 0 Å². The summed E-state index contributed by atoms with van der Waals surface area (Å²) < 4.78 is 0. The van der Waals surface area contributed by atoms with Gasteiger partial charge in [0.15, 0.2) is 11.2 Å². The van der Waals surface area contributed by atoms with Gasteiger partial charge in [-0.25, -0.2) is 19.6 Å². The monoisotopic (exact) mass is 258 g/mol. The number of aromatic nitrogens is 4. The van der Waals surface area contributed by atoms with Gasteiger partial charge in [-0.3, -0.25) is 14.8 Å². The maximum absolute atomic E-state index is 11.5. The van der Waals surface area contributed by atoms with Crippen molar-refractivity contribution in [1.29, 1.82) is 0 Å². The molecule has 0 fully saturated rings. The molecule has 1 aromatic carbocycles. The fourth-order valence-electron chi connectivity index (χ4n) is 1.73. The van der Waals surface area contributed by atoms with Gasteiger partial charge in [0.05, 0.1) is 16.6 Å². The minimum atomic E-state index is -1.09. The van der Waals surface area contributed by atoms with Crippen LogP contribution in [-0.2, 0) is 0 Å². The molecular formula is C11H6N4O4. The van der Waals surface area contributed by atoms with E-state index >= 15 is 0 Å². The maximum Gasteiger partial charge on any atom is 0.335 e. The van der Waals surface area contributed by atoms with Crippen molar-refractivity contribution in [3.05, 3.63) is 44.6 Å². The van der Waals surface area contributed by atoms with Crippen LogP contribution >= 0.6 is 0 Å². The molecule has 2 aromatic heterocycles. The molecular weight excluding hydrogens is 252 g/mol. The summed E-state index contributed by atoms with van der Waals surface area (Å²) in [4.78, 5) is 46.0. The summed E-state index contributed by atoms with van der Waals surface area (Å²) >= 11 is 0. The zero-order valence-electron chi connectivity index (χ0n) is 9.30. The van der Waals surface area contributed by atoms with E-state index in [1.165, 1.54) is 18.2 Å². The van der Waals surface area contributed by atoms with Crippen LogP contribution < -0.4 is 11.2 Å². The number of fused-ring (bicyclic) bond motifs is 2. The van der Waals surface area contributed by atoms with Crippen molar-refractivity contribution < 1.29 is 9.90 Å². The van der Waals surface area contributed by atoms with Crippen molar-refractivity contribution in [2.45, 2.75) is 0 Å². The predicted octanol–water partition coefficient (Wildman–Crippen LogP) is -0.142. The third-order valence-electron chi connectivity index (χ3n) is 2.59. The normalized spacial score (nSPS) is 10.9. The van der Waals surface area contributed by atoms with E-state index in [0.29, 0.717) is 5.52 Å². The van der Waals surface area contributed by atoms with Crippen molar-refractivity contribution in [1.82, 2.24) is 19.9 Å². The largest absolute Gasteiger partial charge is 0.478 e. The van der Waals surface area contributed by atoms with E-state index < -0.39 is 17.2 Å². The van der Waals surface area contributed by atoms with Gasteiger partial charge in [0.25, 0.3) is 5.56 Å². The van der Waals surface area contributed by atoms with E-state index in [1.807, 2.05) is 4.98 Å². The first kappa shape index (κ1) is 11.1. The Balaban J connectivity index is 2.45. The zero-order chi connectivity index (χ0) is 13.6. The Kier molecular flexibility index (Phi) is 2.18. The second kappa shape index (κ2) is 3.73. The van der Waals surface area contributed by atoms with E-state index in [1.54, 1.807) is 0 Å². The number of aromatic amines is 2. The van der Waals surface area contributed by atoms with Gasteiger partial charge in [-0.2, -0.15) is 0 Å². The fourth-order valence-corrected chi connectivity index (χ4v) is 1.73. The van der Waals surface area contributed by atoms with Gasteiger partial charge >= 0.3 is 11.7 Å². The first-order chi connectivity index (χ1) is 9.04. The molecule has 8 heteroatoms. The fraction of sp³-hybridized carbons (Fsp3) is 0. The van der Waals surface area contributed by atoms with Crippen LogP contribution in [0.4, 0.5) is 0 Å². The van der Waals surface area contributed by atoms with Gasteiger partial charge in [-0.15, -0.1) is 0 Å². The number of aromatic carboxylic acids is 1. The maximum atomic E-state index is 11.5. The second-order valence-corrected chi connectivity index (χ2v) is 3.84. The van der Waals surface area contributed by atoms with E-state index in [4.69, 9.17) is 5.11 Å². The van der Waals surface area contributed by atoms with Crippen LogP contribution in [0.1, 0.15) is 10.4 Å². The summed E-state index contributed by atoms with van der Waals surface area (Å²) in [5.74, 6) is -1.09. The lowest BCUT2D eigenvalue weighted by atomic mass is 10.2. The highest BCUT2D eigenvalue weighted by molar-refractivity contribution is 5.93. The number of carboxylic acid groups (broad SMARTS) is 1. The third-order valence-corrected chi connectivity index (χ3v) is 2.59. The smallest absolute Gasteiger partial charge is 0.335 e. The number of carboxylic acids is 1. The Morgan fingerprint density at radius 1 is 1.11 bits per heavy atom. The van der Waals surface area contributed by atoms with Crippen LogP contribution in [0.5, 0.6) is 0 Å². The summed E-state index contributed by atoms with van der Waals surface area (Å²) in [6, 6.07) is 4.14. The molecule has 0 spiro atoms. The van der Waals surface area contributed by atoms with Crippen molar-refractivity contribution in [2.75, 3.05) is 0 Å². The lowest BCUT2D eigenvalue weighted by Gasteiger charge is -2.00. The molecule has 94 valence electrons. The minimum absolute atomic E-state index is 0.00447. The Hall–Kier alpha value is -3.03. The Morgan fingerprint density at radius 2 is 1.89 bits per heavy atom. The highest BCUT2D eigenvalue weighted by Crippen LogP contribution is 2.13. The summed E-state index contributed by atoms with van der Waals surface area (Å²) in [7, 11) is 0. The molecule has 0 saturated heterocycles. The number of H-pyrrole nitrogens is 2. The van der Waals surface area contributed by atoms with E-state index in [9.17, 15) is 14.4 Å². The van der Waals surface area contributed by atoms with Crippen molar-refractivity contribution in [3.63, 3.8) is 0 Å². The van der Waals surface area contributed by atoms with E-state index in [-0.39, 0.29) is 22.2 Å². The topological polar surface area (TPSA) is 129 Å². The molecule has 0 aliphatic heterocycles. The first-order valence-corrected chi connectivity index (χ1v) is 5.22. The zero-order valence-corrected chi connectivity index (χ0v) is 9.30. The van der Waals surface area contributed by atoms with Crippen molar-refractivity contribution in [2.24, 2.45) is 0 Å². The summed E-state index contributed by atoms with van der Waals surface area (Å²) in [5, 5.41) is 8.88. The number of carbonyl (C=O) groups is 1. The molecule has 2 heterocycles. The molecule has 0 radical (unpaired) electrons. The Bertz CT molecular complexity index is 941. The van der Waals surface area contributed by atoms with Gasteiger partial charge in [0.1, 0.15) is 0 Å². The van der Waals surface area contributed by atoms with Crippen molar-refractivity contribution in [3.8, 4) is 0 Å². The molecule has 3 rings (SSSR count). The van der Waals surface area contributed by atoms with Crippen LogP contribution in [0.25, 0.3) is 22.2 Å². The average Bonchev–Trinajstić information content (AvgIpc) is 2.35. The van der Waals surface area contributed by atoms with Crippen molar-refractivity contribution >= 4 is 28.2 Å². The molecule has 0 unspecified atom stereocenters. The lowest BCUT2D eigenvalue weighted by Crippen LogP contribution is -2.23. The van der Waals surface area contributed by atoms with Gasteiger partial charge < -0.3 is 5.11 Å². The van der Waals surface area contributed by atoms with Crippen LogP contribution in [0, 0.1) is 0 Å². The second-order valence-electron chi connectivity index (χ2n) is 3.84. The van der Waals surface area contributed by atoms with Crippen LogP contribution in [-0.4, -0.2) is 31.0 Å². The standard InChI is InChI=1S/C11H6N4O4/c16-9-7-8(14-11(19)15-9)13-6-3-4(10(17)18)1-2-5(6)12-7/h1-3H,(H,17,18)(H2,13,14,15,16,19). The lowest BCUT2D eigenvalue weighted by molar-refractivity contribution is 0.0697. The number of hydrogen-bond donors (Lipinski definition) is 3. The molecule has 3 aromatic rings. The molecule has 8 nitrogen and oxygen atoms in total. The van der Waals surface area contributed by atoms with E-state index in [2.05, 4.69) is 15.0 Å². The molecule has 0 atom stereocenters. The summed E-state index contributed by atoms with van der Waals surface area (Å²) in [6.45, 7) is 0. The molecule has 3 N–H and O–H groups in total. The number of rotatable bonds is 1. The number of nitrogens with zero attached hydrogens (tertiary/aromatic N) is 2. The predicted molar refractivity (Wildman–Crippen MR) is 65.2 cm³/mol. The van der Waals surface area contributed by atoms with Gasteiger partial charge in [0.2, 0.25) is 0 Å². The highest BCUT2D eigenvalue weighted by atomic mass is 16.4. The molecule has 0 aliphatic carbocycles. The summed E-state index contributed by atoms with van der Waals surface area (Å²) in [5.41, 5.74) is -0.619. The molecule has 0 bridgehead atoms. The SMILES string of the molecule is O=C(O)c1ccc2nc3c(=O)[nH]c(=O)[nH]c3nc2c1. The Labute approximate surface area is 103 Å². The van der Waals surface area contributed by atoms with E-state index in [0.717, 1.165) is 0 Å². The quantitative estimate of drug-likeness (QED) is 0.521. The minimum Gasteiger partial charge on any atom is -0.478 e. The van der Waals surface area contributed by atoms with Crippen LogP contribution in [0.3, 0.4) is 0 Å². The summed E-state index contributed by atoms with van der Waals surface area (Å²) in [6.07, 6.45) is 0. The van der Waals surface area contributed by atoms with Crippen LogP contribution in [0.2, 0.25) is 0 Å². The molecule has 0 saturated carbocycles. The number of nitrogens with one attached hydrogen (secondary N) is 2. The Morgan fingerprint density at radius 3 is 2.63 bits per heavy atom. The molecule has 19 heavy (non-hydrogen) atoms.